The van der Waals surface area contributed by atoms with Crippen LogP contribution in [0.5, 0.6) is 0 Å². The van der Waals surface area contributed by atoms with E-state index in [1.54, 1.807) is 0 Å². The summed E-state index contributed by atoms with van der Waals surface area (Å²) < 4.78 is 0. The lowest BCUT2D eigenvalue weighted by Crippen LogP contribution is -2.06. The van der Waals surface area contributed by atoms with Crippen LogP contribution < -0.4 is 5.73 Å². The van der Waals surface area contributed by atoms with Gasteiger partial charge < -0.3 is 5.73 Å². The molecular formula is C12H14N2. The summed E-state index contributed by atoms with van der Waals surface area (Å²) in [6, 6.07) is 10.2. The lowest BCUT2D eigenvalue weighted by atomic mass is 10.0. The first-order chi connectivity index (χ1) is 6.68. The van der Waals surface area contributed by atoms with E-state index in [-0.39, 0.29) is 6.04 Å². The van der Waals surface area contributed by atoms with Gasteiger partial charge in [-0.1, -0.05) is 18.2 Å². The average Bonchev–Trinajstić information content (AvgIpc) is 2.16. The van der Waals surface area contributed by atoms with E-state index in [0.29, 0.717) is 0 Å². The van der Waals surface area contributed by atoms with Crippen molar-refractivity contribution in [1.82, 2.24) is 4.98 Å². The third-order valence-corrected chi connectivity index (χ3v) is 2.37. The largest absolute Gasteiger partial charge is 0.324 e. The number of nitrogens with two attached hydrogens (primary N) is 1. The van der Waals surface area contributed by atoms with Crippen molar-refractivity contribution < 1.29 is 0 Å². The van der Waals surface area contributed by atoms with Crippen molar-refractivity contribution in [3.63, 3.8) is 0 Å². The zero-order valence-corrected chi connectivity index (χ0v) is 8.49. The molecule has 14 heavy (non-hydrogen) atoms. The molecule has 0 saturated carbocycles. The van der Waals surface area contributed by atoms with Crippen molar-refractivity contribution in [2.75, 3.05) is 0 Å². The second-order valence-electron chi connectivity index (χ2n) is 3.66. The molecule has 2 aromatic rings. The van der Waals surface area contributed by atoms with Crippen LogP contribution in [-0.2, 0) is 0 Å². The highest BCUT2D eigenvalue weighted by Gasteiger charge is 2.06. The van der Waals surface area contributed by atoms with Crippen LogP contribution in [0.25, 0.3) is 10.9 Å². The van der Waals surface area contributed by atoms with Crippen molar-refractivity contribution >= 4 is 10.9 Å². The highest BCUT2D eigenvalue weighted by molar-refractivity contribution is 5.82. The Hall–Kier alpha value is -1.41. The van der Waals surface area contributed by atoms with Gasteiger partial charge in [-0.25, -0.2) is 0 Å². The van der Waals surface area contributed by atoms with Crippen LogP contribution in [0, 0.1) is 6.92 Å². The molecule has 0 aliphatic heterocycles. The quantitative estimate of drug-likeness (QED) is 0.743. The molecule has 1 heterocycles. The Morgan fingerprint density at radius 3 is 2.71 bits per heavy atom. The van der Waals surface area contributed by atoms with Gasteiger partial charge in [0.25, 0.3) is 0 Å². The number of aryl methyl sites for hydroxylation is 1. The summed E-state index contributed by atoms with van der Waals surface area (Å²) >= 11 is 0. The number of nitrogens with zero attached hydrogens (tertiary/aromatic N) is 1. The number of aromatic nitrogens is 1. The molecule has 1 aromatic carbocycles. The van der Waals surface area contributed by atoms with Gasteiger partial charge in [-0.05, 0) is 31.5 Å². The minimum atomic E-state index is 0.0570. The van der Waals surface area contributed by atoms with Crippen molar-refractivity contribution in [2.24, 2.45) is 5.73 Å². The van der Waals surface area contributed by atoms with Gasteiger partial charge in [0, 0.05) is 17.1 Å². The first-order valence-electron chi connectivity index (χ1n) is 4.80. The fourth-order valence-electron chi connectivity index (χ4n) is 1.72. The lowest BCUT2D eigenvalue weighted by molar-refractivity contribution is 0.823. The van der Waals surface area contributed by atoms with Gasteiger partial charge in [0.05, 0.1) is 5.52 Å². The van der Waals surface area contributed by atoms with Crippen molar-refractivity contribution in [1.29, 1.82) is 0 Å². The topological polar surface area (TPSA) is 38.9 Å². The number of benzene rings is 1. The Morgan fingerprint density at radius 1 is 1.29 bits per heavy atom. The predicted octanol–water partition coefficient (Wildman–Crippen LogP) is 2.56. The lowest BCUT2D eigenvalue weighted by Gasteiger charge is -2.10. The number of para-hydroxylation sites is 1. The summed E-state index contributed by atoms with van der Waals surface area (Å²) in [6.45, 7) is 4.00. The molecule has 0 fully saturated rings. The molecule has 2 nitrogen and oxygen atoms in total. The van der Waals surface area contributed by atoms with Gasteiger partial charge in [0.15, 0.2) is 0 Å². The fraction of sp³-hybridized carbons (Fsp3) is 0.250. The predicted molar refractivity (Wildman–Crippen MR) is 59.1 cm³/mol. The number of rotatable bonds is 1. The molecule has 0 spiro atoms. The van der Waals surface area contributed by atoms with E-state index in [0.717, 1.165) is 16.6 Å². The zero-order valence-electron chi connectivity index (χ0n) is 8.49. The van der Waals surface area contributed by atoms with E-state index in [9.17, 15) is 0 Å². The maximum Gasteiger partial charge on any atom is 0.0708 e. The second-order valence-corrected chi connectivity index (χ2v) is 3.66. The molecule has 0 aliphatic carbocycles. The molecule has 2 N–H and O–H groups in total. The second kappa shape index (κ2) is 3.39. The monoisotopic (exact) mass is 186 g/mol. The van der Waals surface area contributed by atoms with Crippen LogP contribution in [0.1, 0.15) is 24.2 Å². The van der Waals surface area contributed by atoms with Gasteiger partial charge in [-0.2, -0.15) is 0 Å². The summed E-state index contributed by atoms with van der Waals surface area (Å²) in [5.74, 6) is 0. The number of pyridine rings is 1. The van der Waals surface area contributed by atoms with Crippen LogP contribution in [0.4, 0.5) is 0 Å². The fourth-order valence-corrected chi connectivity index (χ4v) is 1.72. The summed E-state index contributed by atoms with van der Waals surface area (Å²) in [5.41, 5.74) is 9.15. The Labute approximate surface area is 83.8 Å². The Bertz CT molecular complexity index is 461. The normalized spacial score (nSPS) is 13.1. The molecule has 2 heteroatoms. The number of fused-ring (bicyclic) bond motifs is 1. The summed E-state index contributed by atoms with van der Waals surface area (Å²) in [7, 11) is 0. The summed E-state index contributed by atoms with van der Waals surface area (Å²) in [6.07, 6.45) is 0. The molecule has 0 amide bonds. The van der Waals surface area contributed by atoms with E-state index in [1.165, 1.54) is 5.56 Å². The molecule has 0 bridgehead atoms. The average molecular weight is 186 g/mol. The maximum absolute atomic E-state index is 5.92. The van der Waals surface area contributed by atoms with Crippen molar-refractivity contribution in [3.8, 4) is 0 Å². The minimum Gasteiger partial charge on any atom is -0.324 e. The van der Waals surface area contributed by atoms with Crippen LogP contribution in [0.2, 0.25) is 0 Å². The van der Waals surface area contributed by atoms with Crippen LogP contribution in [0.15, 0.2) is 30.3 Å². The minimum absolute atomic E-state index is 0.0570. The molecule has 72 valence electrons. The molecule has 0 unspecified atom stereocenters. The first-order valence-corrected chi connectivity index (χ1v) is 4.80. The van der Waals surface area contributed by atoms with Gasteiger partial charge in [-0.15, -0.1) is 0 Å². The van der Waals surface area contributed by atoms with Gasteiger partial charge in [0.1, 0.15) is 0 Å². The maximum atomic E-state index is 5.92. The third-order valence-electron chi connectivity index (χ3n) is 2.37. The van der Waals surface area contributed by atoms with Crippen LogP contribution in [-0.4, -0.2) is 4.98 Å². The third kappa shape index (κ3) is 1.49. The smallest absolute Gasteiger partial charge is 0.0708 e. The molecular weight excluding hydrogens is 172 g/mol. The molecule has 1 aromatic heterocycles. The van der Waals surface area contributed by atoms with Crippen LogP contribution in [0.3, 0.4) is 0 Å². The molecule has 2 rings (SSSR count). The number of hydrogen-bond acceptors (Lipinski definition) is 2. The highest BCUT2D eigenvalue weighted by Crippen LogP contribution is 2.22. The zero-order chi connectivity index (χ0) is 10.1. The standard InChI is InChI=1S/C12H14N2/c1-8-7-11(9(2)13)10-5-3-4-6-12(10)14-8/h3-7,9H,13H2,1-2H3/t9-/m0/s1. The molecule has 0 saturated heterocycles. The Kier molecular flexibility index (Phi) is 2.22. The first kappa shape index (κ1) is 9.16. The highest BCUT2D eigenvalue weighted by atomic mass is 14.7. The van der Waals surface area contributed by atoms with Gasteiger partial charge in [-0.3, -0.25) is 4.98 Å². The van der Waals surface area contributed by atoms with Gasteiger partial charge >= 0.3 is 0 Å². The molecule has 1 atom stereocenters. The van der Waals surface area contributed by atoms with E-state index >= 15 is 0 Å². The number of hydrogen-bond donors (Lipinski definition) is 1. The van der Waals surface area contributed by atoms with Crippen molar-refractivity contribution in [3.05, 3.63) is 41.6 Å². The van der Waals surface area contributed by atoms with Crippen molar-refractivity contribution in [2.45, 2.75) is 19.9 Å². The summed E-state index contributed by atoms with van der Waals surface area (Å²) in [4.78, 5) is 4.46. The van der Waals surface area contributed by atoms with Crippen LogP contribution >= 0.6 is 0 Å². The summed E-state index contributed by atoms with van der Waals surface area (Å²) in [5, 5.41) is 1.16. The van der Waals surface area contributed by atoms with E-state index in [2.05, 4.69) is 17.1 Å². The van der Waals surface area contributed by atoms with Gasteiger partial charge in [0.2, 0.25) is 0 Å². The van der Waals surface area contributed by atoms with E-state index in [1.807, 2.05) is 32.0 Å². The van der Waals surface area contributed by atoms with E-state index < -0.39 is 0 Å². The SMILES string of the molecule is Cc1cc([C@H](C)N)c2ccccc2n1. The Morgan fingerprint density at radius 2 is 2.00 bits per heavy atom. The molecule has 0 radical (unpaired) electrons. The van der Waals surface area contributed by atoms with E-state index in [4.69, 9.17) is 5.73 Å². The molecule has 0 aliphatic rings. The Balaban J connectivity index is 2.80.